The quantitative estimate of drug-likeness (QED) is 0.418. The number of carbonyl (C=O) groups excluding carboxylic acids is 1. The Balaban J connectivity index is 1.73. The number of ether oxygens (including phenoxy) is 2. The maximum absolute atomic E-state index is 13.0. The number of halogens is 1. The first-order valence-electron chi connectivity index (χ1n) is 9.99. The largest absolute Gasteiger partial charge is 0.495 e. The zero-order valence-electron chi connectivity index (χ0n) is 17.6. The summed E-state index contributed by atoms with van der Waals surface area (Å²) >= 11 is 6.04. The second kappa shape index (κ2) is 9.53. The van der Waals surface area contributed by atoms with Crippen molar-refractivity contribution >= 4 is 23.2 Å². The van der Waals surface area contributed by atoms with Gasteiger partial charge >= 0.3 is 0 Å². The van der Waals surface area contributed by atoms with Gasteiger partial charge in [0.25, 0.3) is 5.91 Å². The molecule has 4 aromatic rings. The average molecular weight is 449 g/mol. The summed E-state index contributed by atoms with van der Waals surface area (Å²) in [6, 6.07) is 21.8. The van der Waals surface area contributed by atoms with Crippen LogP contribution in [0.1, 0.15) is 17.5 Å². The Hall–Kier alpha value is -3.84. The molecule has 0 fully saturated rings. The summed E-state index contributed by atoms with van der Waals surface area (Å²) in [7, 11) is 1.54. The lowest BCUT2D eigenvalue weighted by molar-refractivity contribution is 0.101. The Bertz CT molecular complexity index is 1220. The van der Waals surface area contributed by atoms with Crippen molar-refractivity contribution < 1.29 is 14.3 Å². The Morgan fingerprint density at radius 1 is 1.03 bits per heavy atom. The van der Waals surface area contributed by atoms with Crippen LogP contribution in [0.4, 0.5) is 5.69 Å². The minimum Gasteiger partial charge on any atom is -0.495 e. The van der Waals surface area contributed by atoms with Gasteiger partial charge in [0.15, 0.2) is 5.82 Å². The van der Waals surface area contributed by atoms with E-state index >= 15 is 0 Å². The van der Waals surface area contributed by atoms with Gasteiger partial charge in [-0.15, -0.1) is 5.10 Å². The first-order valence-corrected chi connectivity index (χ1v) is 10.4. The molecule has 0 saturated carbocycles. The monoisotopic (exact) mass is 448 g/mol. The van der Waals surface area contributed by atoms with Crippen molar-refractivity contribution in [2.24, 2.45) is 0 Å². The number of benzene rings is 3. The lowest BCUT2D eigenvalue weighted by atomic mass is 10.2. The lowest BCUT2D eigenvalue weighted by Crippen LogP contribution is -2.15. The second-order valence-electron chi connectivity index (χ2n) is 6.76. The topological polar surface area (TPSA) is 78.3 Å². The van der Waals surface area contributed by atoms with Gasteiger partial charge < -0.3 is 14.8 Å². The SMILES string of the molecule is CCOc1ccc(-n2nc(C(=O)Nc3ccccc3OC)nc2-c2ccc(Cl)cc2)cc1. The molecular formula is C24H21ClN4O3. The Labute approximate surface area is 190 Å². The molecule has 32 heavy (non-hydrogen) atoms. The first kappa shape index (κ1) is 21.4. The summed E-state index contributed by atoms with van der Waals surface area (Å²) < 4.78 is 12.4. The lowest BCUT2D eigenvalue weighted by Gasteiger charge is -2.08. The Kier molecular flexibility index (Phi) is 6.37. The number of anilines is 1. The third-order valence-corrected chi connectivity index (χ3v) is 4.91. The van der Waals surface area contributed by atoms with E-state index in [1.807, 2.05) is 55.5 Å². The molecule has 1 amide bonds. The molecule has 0 aliphatic rings. The van der Waals surface area contributed by atoms with E-state index in [0.717, 1.165) is 17.0 Å². The highest BCUT2D eigenvalue weighted by Gasteiger charge is 2.20. The van der Waals surface area contributed by atoms with Crippen molar-refractivity contribution in [3.05, 3.63) is 83.6 Å². The molecule has 0 atom stereocenters. The number of aromatic nitrogens is 3. The van der Waals surface area contributed by atoms with Gasteiger partial charge in [-0.1, -0.05) is 23.7 Å². The number of rotatable bonds is 7. The average Bonchev–Trinajstić information content (AvgIpc) is 3.26. The Morgan fingerprint density at radius 3 is 2.44 bits per heavy atom. The molecule has 8 heteroatoms. The van der Waals surface area contributed by atoms with Gasteiger partial charge in [-0.05, 0) is 67.6 Å². The molecule has 0 spiro atoms. The summed E-state index contributed by atoms with van der Waals surface area (Å²) in [4.78, 5) is 17.5. The first-order chi connectivity index (χ1) is 15.6. The summed E-state index contributed by atoms with van der Waals surface area (Å²) in [5, 5.41) is 7.90. The fraction of sp³-hybridized carbons (Fsp3) is 0.125. The highest BCUT2D eigenvalue weighted by atomic mass is 35.5. The third-order valence-electron chi connectivity index (χ3n) is 4.66. The van der Waals surface area contributed by atoms with Gasteiger partial charge in [0.05, 0.1) is 25.1 Å². The van der Waals surface area contributed by atoms with Crippen LogP contribution >= 0.6 is 11.6 Å². The van der Waals surface area contributed by atoms with Crippen LogP contribution in [0.5, 0.6) is 11.5 Å². The van der Waals surface area contributed by atoms with Gasteiger partial charge in [-0.25, -0.2) is 9.67 Å². The van der Waals surface area contributed by atoms with E-state index in [0.29, 0.717) is 28.9 Å². The fourth-order valence-corrected chi connectivity index (χ4v) is 3.28. The molecule has 0 aliphatic carbocycles. The van der Waals surface area contributed by atoms with Crippen LogP contribution in [0.2, 0.25) is 5.02 Å². The molecule has 0 saturated heterocycles. The third kappa shape index (κ3) is 4.58. The summed E-state index contributed by atoms with van der Waals surface area (Å²) in [5.74, 6) is 1.38. The normalized spacial score (nSPS) is 10.6. The van der Waals surface area contributed by atoms with E-state index in [2.05, 4.69) is 15.4 Å². The van der Waals surface area contributed by atoms with Crippen LogP contribution < -0.4 is 14.8 Å². The maximum atomic E-state index is 13.0. The highest BCUT2D eigenvalue weighted by molar-refractivity contribution is 6.30. The number of nitrogens with zero attached hydrogens (tertiary/aromatic N) is 3. The van der Waals surface area contributed by atoms with Crippen molar-refractivity contribution in [3.8, 4) is 28.6 Å². The van der Waals surface area contributed by atoms with E-state index in [4.69, 9.17) is 21.1 Å². The van der Waals surface area contributed by atoms with Crippen LogP contribution in [0.3, 0.4) is 0 Å². The predicted molar refractivity (Wildman–Crippen MR) is 124 cm³/mol. The van der Waals surface area contributed by atoms with Crippen molar-refractivity contribution in [1.29, 1.82) is 0 Å². The zero-order chi connectivity index (χ0) is 22.5. The van der Waals surface area contributed by atoms with Gasteiger partial charge in [0.2, 0.25) is 5.82 Å². The van der Waals surface area contributed by atoms with E-state index in [9.17, 15) is 4.79 Å². The van der Waals surface area contributed by atoms with E-state index < -0.39 is 5.91 Å². The molecule has 1 aromatic heterocycles. The predicted octanol–water partition coefficient (Wildman–Crippen LogP) is 5.25. The molecule has 7 nitrogen and oxygen atoms in total. The van der Waals surface area contributed by atoms with Crippen LogP contribution in [-0.4, -0.2) is 34.4 Å². The Morgan fingerprint density at radius 2 is 1.75 bits per heavy atom. The van der Waals surface area contributed by atoms with E-state index in [1.165, 1.54) is 0 Å². The van der Waals surface area contributed by atoms with Crippen LogP contribution in [-0.2, 0) is 0 Å². The van der Waals surface area contributed by atoms with Crippen LogP contribution in [0.25, 0.3) is 17.1 Å². The van der Waals surface area contributed by atoms with E-state index in [1.54, 1.807) is 36.1 Å². The van der Waals surface area contributed by atoms with Crippen LogP contribution in [0.15, 0.2) is 72.8 Å². The molecule has 3 aromatic carbocycles. The van der Waals surface area contributed by atoms with Crippen molar-refractivity contribution in [3.63, 3.8) is 0 Å². The van der Waals surface area contributed by atoms with Gasteiger partial charge in [-0.2, -0.15) is 0 Å². The number of nitrogens with one attached hydrogen (secondary N) is 1. The highest BCUT2D eigenvalue weighted by Crippen LogP contribution is 2.26. The molecular weight excluding hydrogens is 428 g/mol. The maximum Gasteiger partial charge on any atom is 0.295 e. The summed E-state index contributed by atoms with van der Waals surface area (Å²) in [5.41, 5.74) is 2.04. The van der Waals surface area contributed by atoms with Crippen LogP contribution in [0, 0.1) is 0 Å². The van der Waals surface area contributed by atoms with Gasteiger partial charge in [0, 0.05) is 10.6 Å². The van der Waals surface area contributed by atoms with Crippen molar-refractivity contribution in [2.75, 3.05) is 19.0 Å². The number of carbonyl (C=O) groups is 1. The number of hydrogen-bond donors (Lipinski definition) is 1. The van der Waals surface area contributed by atoms with Crippen molar-refractivity contribution in [2.45, 2.75) is 6.92 Å². The fourth-order valence-electron chi connectivity index (χ4n) is 3.15. The molecule has 0 radical (unpaired) electrons. The summed E-state index contributed by atoms with van der Waals surface area (Å²) in [6.45, 7) is 2.50. The zero-order valence-corrected chi connectivity index (χ0v) is 18.3. The van der Waals surface area contributed by atoms with Gasteiger partial charge in [0.1, 0.15) is 11.5 Å². The second-order valence-corrected chi connectivity index (χ2v) is 7.20. The van der Waals surface area contributed by atoms with E-state index in [-0.39, 0.29) is 5.82 Å². The summed E-state index contributed by atoms with van der Waals surface area (Å²) in [6.07, 6.45) is 0. The molecule has 0 unspecified atom stereocenters. The number of hydrogen-bond acceptors (Lipinski definition) is 5. The number of methoxy groups -OCH3 is 1. The smallest absolute Gasteiger partial charge is 0.295 e. The van der Waals surface area contributed by atoms with Crippen molar-refractivity contribution in [1.82, 2.24) is 14.8 Å². The molecule has 0 aliphatic heterocycles. The molecule has 4 rings (SSSR count). The van der Waals surface area contributed by atoms with Gasteiger partial charge in [-0.3, -0.25) is 4.79 Å². The molecule has 0 bridgehead atoms. The molecule has 1 N–H and O–H groups in total. The minimum atomic E-state index is -0.450. The number of para-hydroxylation sites is 2. The number of amides is 1. The molecule has 1 heterocycles. The standard InChI is InChI=1S/C24H21ClN4O3/c1-3-32-19-14-12-18(13-15-19)29-23(16-8-10-17(25)11-9-16)27-22(28-29)24(30)26-20-6-4-5-7-21(20)31-2/h4-15H,3H2,1-2H3,(H,26,30). The minimum absolute atomic E-state index is 0.0229. The molecule has 162 valence electrons.